The number of carbonyl (C=O) groups excluding carboxylic acids is 1. The minimum atomic E-state index is -0.500. The van der Waals surface area contributed by atoms with Crippen LogP contribution >= 0.6 is 0 Å². The zero-order chi connectivity index (χ0) is 9.26. The monoisotopic (exact) mass is 182 g/mol. The maximum Gasteiger partial charge on any atom is 0.509 e. The van der Waals surface area contributed by atoms with Crippen molar-refractivity contribution in [2.75, 3.05) is 0 Å². The van der Waals surface area contributed by atoms with Crippen LogP contribution in [0.15, 0.2) is 12.2 Å². The summed E-state index contributed by atoms with van der Waals surface area (Å²) in [6, 6.07) is 0. The van der Waals surface area contributed by atoms with Crippen LogP contribution in [0.3, 0.4) is 0 Å². The Hall–Kier alpha value is -0.990. The summed E-state index contributed by atoms with van der Waals surface area (Å²) >= 11 is 0. The quantitative estimate of drug-likeness (QED) is 0.485. The van der Waals surface area contributed by atoms with Gasteiger partial charge in [-0.05, 0) is 6.42 Å². The molecule has 3 nitrogen and oxygen atoms in total. The van der Waals surface area contributed by atoms with E-state index in [0.717, 1.165) is 19.3 Å². The Balaban J connectivity index is 2.07. The molecule has 13 heavy (non-hydrogen) atoms. The molecule has 2 rings (SSSR count). The van der Waals surface area contributed by atoms with Crippen molar-refractivity contribution in [1.82, 2.24) is 0 Å². The van der Waals surface area contributed by atoms with Crippen molar-refractivity contribution < 1.29 is 14.3 Å². The van der Waals surface area contributed by atoms with E-state index in [4.69, 9.17) is 9.47 Å². The predicted octanol–water partition coefficient (Wildman–Crippen LogP) is 2.27. The number of ether oxygens (including phenoxy) is 2. The van der Waals surface area contributed by atoms with Gasteiger partial charge in [-0.2, -0.15) is 0 Å². The van der Waals surface area contributed by atoms with Crippen molar-refractivity contribution in [2.45, 2.75) is 38.4 Å². The first kappa shape index (κ1) is 8.60. The molecule has 1 aliphatic heterocycles. The standard InChI is InChI=1S/C10H14O3/c1-2-4-7-5-3-6-8-9(7)13-10(11)12-8/h3,5,7-9H,2,4,6H2,1H3/t7-,8-,9+/m1/s1. The van der Waals surface area contributed by atoms with Crippen LogP contribution in [0.5, 0.6) is 0 Å². The smallest absolute Gasteiger partial charge is 0.427 e. The van der Waals surface area contributed by atoms with E-state index in [2.05, 4.69) is 19.1 Å². The topological polar surface area (TPSA) is 35.5 Å². The molecule has 0 aromatic heterocycles. The molecule has 1 fully saturated rings. The third-order valence-electron chi connectivity index (χ3n) is 2.64. The van der Waals surface area contributed by atoms with Crippen molar-refractivity contribution in [3.8, 4) is 0 Å². The lowest BCUT2D eigenvalue weighted by Gasteiger charge is -2.24. The molecule has 0 bridgehead atoms. The van der Waals surface area contributed by atoms with Gasteiger partial charge in [-0.25, -0.2) is 4.79 Å². The molecule has 0 amide bonds. The van der Waals surface area contributed by atoms with E-state index in [-0.39, 0.29) is 12.2 Å². The van der Waals surface area contributed by atoms with Gasteiger partial charge in [0, 0.05) is 12.3 Å². The van der Waals surface area contributed by atoms with Gasteiger partial charge < -0.3 is 9.47 Å². The third-order valence-corrected chi connectivity index (χ3v) is 2.64. The van der Waals surface area contributed by atoms with E-state index in [1.165, 1.54) is 0 Å². The SMILES string of the molecule is CCC[C@@H]1C=CC[C@H]2OC(=O)O[C@@H]12. The summed E-state index contributed by atoms with van der Waals surface area (Å²) in [6.45, 7) is 2.13. The summed E-state index contributed by atoms with van der Waals surface area (Å²) < 4.78 is 10.1. The van der Waals surface area contributed by atoms with Crippen LogP contribution in [0.2, 0.25) is 0 Å². The third kappa shape index (κ3) is 1.55. The first-order valence-corrected chi connectivity index (χ1v) is 4.85. The molecule has 2 aliphatic rings. The van der Waals surface area contributed by atoms with Gasteiger partial charge >= 0.3 is 6.16 Å². The van der Waals surface area contributed by atoms with E-state index in [9.17, 15) is 4.79 Å². The van der Waals surface area contributed by atoms with Gasteiger partial charge in [0.1, 0.15) is 12.2 Å². The highest BCUT2D eigenvalue weighted by molar-refractivity contribution is 5.62. The van der Waals surface area contributed by atoms with Gasteiger partial charge in [0.2, 0.25) is 0 Å². The normalized spacial score (nSPS) is 36.7. The fourth-order valence-electron chi connectivity index (χ4n) is 2.04. The molecule has 1 heterocycles. The molecule has 0 spiro atoms. The maximum atomic E-state index is 10.9. The summed E-state index contributed by atoms with van der Waals surface area (Å²) in [5.41, 5.74) is 0. The van der Waals surface area contributed by atoms with E-state index in [1.807, 2.05) is 0 Å². The van der Waals surface area contributed by atoms with Crippen molar-refractivity contribution >= 4 is 6.16 Å². The molecule has 72 valence electrons. The van der Waals surface area contributed by atoms with Crippen LogP contribution in [0.4, 0.5) is 4.79 Å². The molecule has 0 unspecified atom stereocenters. The summed E-state index contributed by atoms with van der Waals surface area (Å²) in [7, 11) is 0. The van der Waals surface area contributed by atoms with Gasteiger partial charge in [0.25, 0.3) is 0 Å². The molecular formula is C10H14O3. The Morgan fingerprint density at radius 2 is 2.38 bits per heavy atom. The summed E-state index contributed by atoms with van der Waals surface area (Å²) in [5.74, 6) is 0.357. The highest BCUT2D eigenvalue weighted by Gasteiger charge is 2.41. The van der Waals surface area contributed by atoms with Crippen molar-refractivity contribution in [2.24, 2.45) is 5.92 Å². The average Bonchev–Trinajstić information content (AvgIpc) is 2.47. The van der Waals surface area contributed by atoms with Gasteiger partial charge in [-0.3, -0.25) is 0 Å². The van der Waals surface area contributed by atoms with Crippen LogP contribution in [0, 0.1) is 5.92 Å². The van der Waals surface area contributed by atoms with Gasteiger partial charge in [0.05, 0.1) is 0 Å². The number of hydrogen-bond acceptors (Lipinski definition) is 3. The zero-order valence-corrected chi connectivity index (χ0v) is 7.73. The zero-order valence-electron chi connectivity index (χ0n) is 7.73. The van der Waals surface area contributed by atoms with E-state index < -0.39 is 6.16 Å². The molecule has 1 saturated heterocycles. The Bertz CT molecular complexity index is 234. The summed E-state index contributed by atoms with van der Waals surface area (Å²) in [6.07, 6.45) is 6.64. The van der Waals surface area contributed by atoms with Crippen LogP contribution in [0.25, 0.3) is 0 Å². The van der Waals surface area contributed by atoms with Crippen molar-refractivity contribution in [3.05, 3.63) is 12.2 Å². The predicted molar refractivity (Wildman–Crippen MR) is 47.3 cm³/mol. The summed E-state index contributed by atoms with van der Waals surface area (Å²) in [4.78, 5) is 10.9. The lowest BCUT2D eigenvalue weighted by molar-refractivity contribution is 0.0988. The van der Waals surface area contributed by atoms with Crippen LogP contribution in [-0.4, -0.2) is 18.4 Å². The number of rotatable bonds is 2. The van der Waals surface area contributed by atoms with E-state index in [1.54, 1.807) is 0 Å². The molecule has 0 aromatic rings. The molecule has 0 radical (unpaired) electrons. The second-order valence-corrected chi connectivity index (χ2v) is 3.61. The molecule has 0 N–H and O–H groups in total. The summed E-state index contributed by atoms with van der Waals surface area (Å²) in [5, 5.41) is 0. The first-order chi connectivity index (χ1) is 6.31. The molecular weight excluding hydrogens is 168 g/mol. The Morgan fingerprint density at radius 3 is 3.15 bits per heavy atom. The molecule has 3 atom stereocenters. The first-order valence-electron chi connectivity index (χ1n) is 4.85. The molecule has 3 heteroatoms. The minimum absolute atomic E-state index is 0.0301. The fourth-order valence-corrected chi connectivity index (χ4v) is 2.04. The Kier molecular flexibility index (Phi) is 2.25. The van der Waals surface area contributed by atoms with Crippen molar-refractivity contribution in [3.63, 3.8) is 0 Å². The minimum Gasteiger partial charge on any atom is -0.427 e. The van der Waals surface area contributed by atoms with Gasteiger partial charge in [0.15, 0.2) is 0 Å². The fraction of sp³-hybridized carbons (Fsp3) is 0.700. The second-order valence-electron chi connectivity index (χ2n) is 3.61. The van der Waals surface area contributed by atoms with Crippen LogP contribution in [-0.2, 0) is 9.47 Å². The van der Waals surface area contributed by atoms with Gasteiger partial charge in [-0.15, -0.1) is 0 Å². The van der Waals surface area contributed by atoms with Crippen molar-refractivity contribution in [1.29, 1.82) is 0 Å². The molecule has 0 saturated carbocycles. The highest BCUT2D eigenvalue weighted by atomic mass is 16.8. The molecule has 0 aromatic carbocycles. The number of hydrogen-bond donors (Lipinski definition) is 0. The van der Waals surface area contributed by atoms with E-state index >= 15 is 0 Å². The van der Waals surface area contributed by atoms with Crippen LogP contribution < -0.4 is 0 Å². The number of fused-ring (bicyclic) bond motifs is 1. The van der Waals surface area contributed by atoms with Gasteiger partial charge in [-0.1, -0.05) is 25.5 Å². The lowest BCUT2D eigenvalue weighted by atomic mass is 9.87. The largest absolute Gasteiger partial charge is 0.509 e. The lowest BCUT2D eigenvalue weighted by Crippen LogP contribution is -2.32. The average molecular weight is 182 g/mol. The van der Waals surface area contributed by atoms with E-state index in [0.29, 0.717) is 5.92 Å². The number of carbonyl (C=O) groups is 1. The highest BCUT2D eigenvalue weighted by Crippen LogP contribution is 2.31. The Labute approximate surface area is 77.7 Å². The molecule has 1 aliphatic carbocycles. The Morgan fingerprint density at radius 1 is 1.54 bits per heavy atom. The van der Waals surface area contributed by atoms with Crippen LogP contribution in [0.1, 0.15) is 26.2 Å². The maximum absolute atomic E-state index is 10.9. The second kappa shape index (κ2) is 3.40.